The topological polar surface area (TPSA) is 55.5 Å². The van der Waals surface area contributed by atoms with Crippen molar-refractivity contribution in [2.75, 3.05) is 0 Å². The van der Waals surface area contributed by atoms with Crippen LogP contribution in [0.1, 0.15) is 5.76 Å². The quantitative estimate of drug-likeness (QED) is 0.805. The number of nitrogens with zero attached hydrogens (tertiary/aromatic N) is 1. The van der Waals surface area contributed by atoms with Crippen LogP contribution in [0.4, 0.5) is 0 Å². The molecule has 1 aromatic heterocycles. The lowest BCUT2D eigenvalue weighted by Crippen LogP contribution is -1.92. The third-order valence-electron chi connectivity index (χ3n) is 1.70. The second-order valence-electron chi connectivity index (χ2n) is 2.75. The number of oxazole rings is 1. The second-order valence-corrected chi connectivity index (χ2v) is 2.75. The molecule has 1 heterocycles. The lowest BCUT2D eigenvalue weighted by molar-refractivity contribution is 0.270. The molecule has 0 spiro atoms. The lowest BCUT2D eigenvalue weighted by atomic mass is 10.3. The van der Waals surface area contributed by atoms with Crippen molar-refractivity contribution in [3.8, 4) is 11.5 Å². The predicted octanol–water partition coefficient (Wildman–Crippen LogP) is 1.96. The van der Waals surface area contributed by atoms with Crippen LogP contribution in [0.3, 0.4) is 0 Å². The van der Waals surface area contributed by atoms with Gasteiger partial charge < -0.3 is 14.3 Å². The molecule has 72 valence electrons. The molecule has 0 bridgehead atoms. The first-order valence-corrected chi connectivity index (χ1v) is 4.14. The maximum atomic E-state index is 9.02. The molecule has 0 amide bonds. The van der Waals surface area contributed by atoms with Gasteiger partial charge in [0.25, 0.3) is 0 Å². The van der Waals surface area contributed by atoms with E-state index >= 15 is 0 Å². The van der Waals surface area contributed by atoms with Gasteiger partial charge in [-0.1, -0.05) is 0 Å². The minimum atomic E-state index is 0.219. The van der Waals surface area contributed by atoms with Crippen LogP contribution in [0, 0.1) is 0 Å². The molecule has 14 heavy (non-hydrogen) atoms. The molecule has 0 fully saturated rings. The fourth-order valence-corrected chi connectivity index (χ4v) is 1.01. The third kappa shape index (κ3) is 2.04. The first-order chi connectivity index (χ1) is 6.84. The highest BCUT2D eigenvalue weighted by molar-refractivity contribution is 5.30. The molecule has 0 atom stereocenters. The average molecular weight is 191 g/mol. The molecule has 2 rings (SSSR count). The molecule has 0 saturated carbocycles. The summed E-state index contributed by atoms with van der Waals surface area (Å²) in [6.07, 6.45) is 2.95. The first-order valence-electron chi connectivity index (χ1n) is 4.14. The summed E-state index contributed by atoms with van der Waals surface area (Å²) in [5.41, 5.74) is 0. The van der Waals surface area contributed by atoms with Crippen LogP contribution in [-0.4, -0.2) is 10.1 Å². The fraction of sp³-hybridized carbons (Fsp3) is 0.100. The minimum absolute atomic E-state index is 0.219. The Morgan fingerprint density at radius 2 is 2.07 bits per heavy atom. The minimum Gasteiger partial charge on any atom is -0.508 e. The molecule has 1 N–H and O–H groups in total. The highest BCUT2D eigenvalue weighted by atomic mass is 16.5. The summed E-state index contributed by atoms with van der Waals surface area (Å²) in [6.45, 7) is 0.338. The lowest BCUT2D eigenvalue weighted by Gasteiger charge is -2.02. The fourth-order valence-electron chi connectivity index (χ4n) is 1.01. The van der Waals surface area contributed by atoms with Crippen molar-refractivity contribution in [1.29, 1.82) is 0 Å². The predicted molar refractivity (Wildman–Crippen MR) is 48.9 cm³/mol. The van der Waals surface area contributed by atoms with Crippen LogP contribution in [0.5, 0.6) is 11.5 Å². The van der Waals surface area contributed by atoms with E-state index in [1.54, 1.807) is 30.5 Å². The van der Waals surface area contributed by atoms with Crippen molar-refractivity contribution in [2.45, 2.75) is 6.61 Å². The average Bonchev–Trinajstić information content (AvgIpc) is 2.70. The van der Waals surface area contributed by atoms with Crippen LogP contribution in [-0.2, 0) is 6.61 Å². The zero-order valence-electron chi connectivity index (χ0n) is 7.38. The van der Waals surface area contributed by atoms with Crippen molar-refractivity contribution >= 4 is 0 Å². The molecule has 0 aliphatic heterocycles. The second kappa shape index (κ2) is 3.83. The van der Waals surface area contributed by atoms with Gasteiger partial charge in [-0.3, -0.25) is 0 Å². The highest BCUT2D eigenvalue weighted by Crippen LogP contribution is 2.16. The first kappa shape index (κ1) is 8.62. The van der Waals surface area contributed by atoms with Crippen molar-refractivity contribution in [1.82, 2.24) is 4.98 Å². The van der Waals surface area contributed by atoms with Gasteiger partial charge in [0.2, 0.25) is 0 Å². The molecule has 2 aromatic rings. The maximum Gasteiger partial charge on any atom is 0.181 e. The number of ether oxygens (including phenoxy) is 1. The molecule has 0 saturated heterocycles. The number of aromatic hydroxyl groups is 1. The van der Waals surface area contributed by atoms with E-state index in [9.17, 15) is 0 Å². The molecule has 1 aromatic carbocycles. The van der Waals surface area contributed by atoms with E-state index in [0.29, 0.717) is 18.1 Å². The summed E-state index contributed by atoms with van der Waals surface area (Å²) < 4.78 is 10.4. The smallest absolute Gasteiger partial charge is 0.181 e. The monoisotopic (exact) mass is 191 g/mol. The Hall–Kier alpha value is -1.97. The number of aromatic nitrogens is 1. The van der Waals surface area contributed by atoms with E-state index in [-0.39, 0.29) is 5.75 Å². The Morgan fingerprint density at radius 1 is 1.29 bits per heavy atom. The normalized spacial score (nSPS) is 10.0. The van der Waals surface area contributed by atoms with Crippen LogP contribution in [0.2, 0.25) is 0 Å². The van der Waals surface area contributed by atoms with E-state index in [4.69, 9.17) is 14.3 Å². The Morgan fingerprint density at radius 3 is 2.71 bits per heavy atom. The summed E-state index contributed by atoms with van der Waals surface area (Å²) in [4.78, 5) is 3.76. The molecule has 4 heteroatoms. The van der Waals surface area contributed by atoms with Crippen LogP contribution in [0.25, 0.3) is 0 Å². The molecular formula is C10H9NO3. The largest absolute Gasteiger partial charge is 0.508 e. The maximum absolute atomic E-state index is 9.02. The molecule has 0 radical (unpaired) electrons. The Bertz CT molecular complexity index is 380. The number of phenolic OH excluding ortho intramolecular Hbond substituents is 1. The summed E-state index contributed by atoms with van der Waals surface area (Å²) in [6, 6.07) is 6.50. The van der Waals surface area contributed by atoms with Crippen molar-refractivity contribution < 1.29 is 14.3 Å². The zero-order valence-corrected chi connectivity index (χ0v) is 7.38. The standard InChI is InChI=1S/C10H9NO3/c12-8-1-3-9(4-2-8)13-6-10-5-11-7-14-10/h1-5,7,12H,6H2. The van der Waals surface area contributed by atoms with Crippen LogP contribution < -0.4 is 4.74 Å². The summed E-state index contributed by atoms with van der Waals surface area (Å²) in [5.74, 6) is 1.56. The van der Waals surface area contributed by atoms with Gasteiger partial charge in [-0.15, -0.1) is 0 Å². The molecule has 0 aliphatic carbocycles. The summed E-state index contributed by atoms with van der Waals surface area (Å²) in [7, 11) is 0. The van der Waals surface area contributed by atoms with E-state index in [0.717, 1.165) is 0 Å². The van der Waals surface area contributed by atoms with Gasteiger partial charge in [-0.05, 0) is 24.3 Å². The molecule has 0 unspecified atom stereocenters. The third-order valence-corrected chi connectivity index (χ3v) is 1.70. The number of hydrogen-bond acceptors (Lipinski definition) is 4. The molecular weight excluding hydrogens is 182 g/mol. The highest BCUT2D eigenvalue weighted by Gasteiger charge is 1.98. The Labute approximate surface area is 80.8 Å². The van der Waals surface area contributed by atoms with Gasteiger partial charge in [-0.2, -0.15) is 0 Å². The molecule has 0 aliphatic rings. The zero-order chi connectivity index (χ0) is 9.80. The van der Waals surface area contributed by atoms with E-state index in [1.165, 1.54) is 6.39 Å². The van der Waals surface area contributed by atoms with E-state index in [1.807, 2.05) is 0 Å². The van der Waals surface area contributed by atoms with Gasteiger partial charge in [0.05, 0.1) is 6.20 Å². The summed E-state index contributed by atoms with van der Waals surface area (Å²) in [5, 5.41) is 9.02. The van der Waals surface area contributed by atoms with Crippen molar-refractivity contribution in [3.63, 3.8) is 0 Å². The SMILES string of the molecule is Oc1ccc(OCc2cnco2)cc1. The number of phenols is 1. The molecule has 4 nitrogen and oxygen atoms in total. The van der Waals surface area contributed by atoms with E-state index in [2.05, 4.69) is 4.98 Å². The van der Waals surface area contributed by atoms with Crippen molar-refractivity contribution in [3.05, 3.63) is 42.6 Å². The van der Waals surface area contributed by atoms with Crippen molar-refractivity contribution in [2.24, 2.45) is 0 Å². The van der Waals surface area contributed by atoms with Gasteiger partial charge in [0.15, 0.2) is 12.2 Å². The van der Waals surface area contributed by atoms with Gasteiger partial charge >= 0.3 is 0 Å². The van der Waals surface area contributed by atoms with Crippen LogP contribution >= 0.6 is 0 Å². The number of benzene rings is 1. The Balaban J connectivity index is 1.95. The van der Waals surface area contributed by atoms with E-state index < -0.39 is 0 Å². The van der Waals surface area contributed by atoms with Gasteiger partial charge in [0, 0.05) is 0 Å². The van der Waals surface area contributed by atoms with Gasteiger partial charge in [-0.25, -0.2) is 4.98 Å². The van der Waals surface area contributed by atoms with Crippen LogP contribution in [0.15, 0.2) is 41.3 Å². The van der Waals surface area contributed by atoms with Gasteiger partial charge in [0.1, 0.15) is 18.1 Å². The Kier molecular flexibility index (Phi) is 2.36. The number of rotatable bonds is 3. The summed E-state index contributed by atoms with van der Waals surface area (Å²) >= 11 is 0. The number of hydrogen-bond donors (Lipinski definition) is 1.